The number of aliphatic hydroxyl groups is 1. The molecule has 0 aliphatic carbocycles. The summed E-state index contributed by atoms with van der Waals surface area (Å²) in [6, 6.07) is 3.22. The van der Waals surface area contributed by atoms with Crippen LogP contribution in [0.2, 0.25) is 0 Å². The van der Waals surface area contributed by atoms with E-state index in [2.05, 4.69) is 10.2 Å². The molecule has 0 spiro atoms. The molecule has 7 heteroatoms. The van der Waals surface area contributed by atoms with E-state index < -0.39 is 5.97 Å². The van der Waals surface area contributed by atoms with Crippen molar-refractivity contribution in [2.24, 2.45) is 14.1 Å². The van der Waals surface area contributed by atoms with Crippen LogP contribution in [0.25, 0.3) is 0 Å². The number of carbonyl (C=O) groups is 1. The molecule has 0 unspecified atom stereocenters. The monoisotopic (exact) mass is 238 g/mol. The molecule has 0 aliphatic heterocycles. The number of hydrogen-bond acceptors (Lipinski definition) is 4. The van der Waals surface area contributed by atoms with Crippen molar-refractivity contribution in [2.75, 3.05) is 0 Å². The Morgan fingerprint density at radius 1 is 1.24 bits per heavy atom. The molecular weight excluding hydrogens is 224 g/mol. The van der Waals surface area contributed by atoms with Gasteiger partial charge >= 0.3 is 5.97 Å². The van der Waals surface area contributed by atoms with E-state index in [1.54, 1.807) is 31.0 Å². The van der Waals surface area contributed by atoms with Gasteiger partial charge in [0.15, 0.2) is 0 Å². The molecule has 0 saturated carbocycles. The first-order valence-electron chi connectivity index (χ1n) is 4.85. The van der Waals surface area contributed by atoms with Gasteiger partial charge < -0.3 is 10.2 Å². The highest BCUT2D eigenvalue weighted by Crippen LogP contribution is 1.94. The van der Waals surface area contributed by atoms with Crippen LogP contribution in [0.3, 0.4) is 0 Å². The van der Waals surface area contributed by atoms with Gasteiger partial charge in [0.05, 0.1) is 12.3 Å². The number of aromatic carboxylic acids is 1. The molecule has 0 fully saturated rings. The Balaban J connectivity index is 0.000000171. The van der Waals surface area contributed by atoms with E-state index in [1.165, 1.54) is 16.9 Å². The van der Waals surface area contributed by atoms with Gasteiger partial charge in [-0.25, -0.2) is 4.79 Å². The second-order valence-corrected chi connectivity index (χ2v) is 3.25. The van der Waals surface area contributed by atoms with Crippen LogP contribution in [-0.4, -0.2) is 35.7 Å². The van der Waals surface area contributed by atoms with Gasteiger partial charge in [-0.15, -0.1) is 0 Å². The Labute approximate surface area is 97.9 Å². The summed E-state index contributed by atoms with van der Waals surface area (Å²) < 4.78 is 2.95. The third kappa shape index (κ3) is 3.42. The largest absolute Gasteiger partial charge is 0.477 e. The Hall–Kier alpha value is -2.15. The average molecular weight is 238 g/mol. The number of carboxylic acid groups (broad SMARTS) is 1. The number of aromatic nitrogens is 4. The molecule has 7 nitrogen and oxygen atoms in total. The van der Waals surface area contributed by atoms with Gasteiger partial charge in [-0.3, -0.25) is 9.36 Å². The first-order valence-corrected chi connectivity index (χ1v) is 4.85. The molecule has 0 aromatic carbocycles. The summed E-state index contributed by atoms with van der Waals surface area (Å²) >= 11 is 0. The van der Waals surface area contributed by atoms with Crippen LogP contribution in [0, 0.1) is 0 Å². The average Bonchev–Trinajstić information content (AvgIpc) is 2.87. The fourth-order valence-electron chi connectivity index (χ4n) is 1.14. The smallest absolute Gasteiger partial charge is 0.354 e. The quantitative estimate of drug-likeness (QED) is 0.770. The maximum atomic E-state index is 10.2. The summed E-state index contributed by atoms with van der Waals surface area (Å²) in [7, 11) is 3.38. The van der Waals surface area contributed by atoms with Crippen LogP contribution in [0.1, 0.15) is 16.2 Å². The summed E-state index contributed by atoms with van der Waals surface area (Å²) in [5.41, 5.74) is 1.04. The molecule has 0 aliphatic rings. The number of rotatable bonds is 2. The van der Waals surface area contributed by atoms with Gasteiger partial charge in [-0.05, 0) is 12.1 Å². The first kappa shape index (κ1) is 12.9. The zero-order valence-electron chi connectivity index (χ0n) is 9.61. The molecule has 2 N–H and O–H groups in total. The number of nitrogens with zero attached hydrogens (tertiary/aromatic N) is 4. The van der Waals surface area contributed by atoms with Crippen molar-refractivity contribution in [3.05, 3.63) is 35.9 Å². The summed E-state index contributed by atoms with van der Waals surface area (Å²) in [6.45, 7) is 0.0660. The summed E-state index contributed by atoms with van der Waals surface area (Å²) in [5.74, 6) is -0.949. The molecule has 2 aromatic rings. The van der Waals surface area contributed by atoms with Gasteiger partial charge in [-0.2, -0.15) is 10.2 Å². The fourth-order valence-corrected chi connectivity index (χ4v) is 1.14. The molecule has 17 heavy (non-hydrogen) atoms. The van der Waals surface area contributed by atoms with Crippen molar-refractivity contribution >= 4 is 5.97 Å². The number of carboxylic acids is 1. The number of aliphatic hydroxyl groups excluding tert-OH is 1. The molecule has 0 bridgehead atoms. The highest BCUT2D eigenvalue weighted by molar-refractivity contribution is 5.85. The van der Waals surface area contributed by atoms with Crippen molar-refractivity contribution in [3.63, 3.8) is 0 Å². The van der Waals surface area contributed by atoms with Gasteiger partial charge in [-0.1, -0.05) is 0 Å². The van der Waals surface area contributed by atoms with Crippen molar-refractivity contribution in [1.29, 1.82) is 0 Å². The lowest BCUT2D eigenvalue weighted by Gasteiger charge is -1.92. The maximum absolute atomic E-state index is 10.2. The minimum Gasteiger partial charge on any atom is -0.477 e. The molecule has 2 aromatic heterocycles. The van der Waals surface area contributed by atoms with E-state index in [0.29, 0.717) is 0 Å². The minimum atomic E-state index is -0.949. The normalized spacial score (nSPS) is 9.59. The molecular formula is C10H14N4O3. The SMILES string of the molecule is Cn1nccc1C(=O)O.Cn1nccc1CO. The molecule has 0 atom stereocenters. The third-order valence-electron chi connectivity index (χ3n) is 2.12. The molecule has 2 rings (SSSR count). The summed E-state index contributed by atoms with van der Waals surface area (Å²) in [5, 5.41) is 24.5. The van der Waals surface area contributed by atoms with Gasteiger partial charge in [0, 0.05) is 26.5 Å². The summed E-state index contributed by atoms with van der Waals surface area (Å²) in [4.78, 5) is 10.2. The van der Waals surface area contributed by atoms with Crippen molar-refractivity contribution < 1.29 is 15.0 Å². The Kier molecular flexibility index (Phi) is 4.41. The predicted molar refractivity (Wildman–Crippen MR) is 59.3 cm³/mol. The Bertz CT molecular complexity index is 489. The lowest BCUT2D eigenvalue weighted by molar-refractivity contribution is 0.0685. The highest BCUT2D eigenvalue weighted by atomic mass is 16.4. The molecule has 0 saturated heterocycles. The third-order valence-corrected chi connectivity index (χ3v) is 2.12. The van der Waals surface area contributed by atoms with E-state index >= 15 is 0 Å². The lowest BCUT2D eigenvalue weighted by atomic mass is 10.4. The van der Waals surface area contributed by atoms with Crippen LogP contribution in [0.4, 0.5) is 0 Å². The number of hydrogen-bond donors (Lipinski definition) is 2. The van der Waals surface area contributed by atoms with Gasteiger partial charge in [0.25, 0.3) is 0 Å². The van der Waals surface area contributed by atoms with E-state index in [-0.39, 0.29) is 12.3 Å². The second kappa shape index (κ2) is 5.80. The van der Waals surface area contributed by atoms with Gasteiger partial charge in [0.2, 0.25) is 0 Å². The molecule has 0 amide bonds. The highest BCUT2D eigenvalue weighted by Gasteiger charge is 2.04. The molecule has 92 valence electrons. The van der Waals surface area contributed by atoms with Crippen LogP contribution in [-0.2, 0) is 20.7 Å². The predicted octanol–water partition coefficient (Wildman–Crippen LogP) is 0.0307. The van der Waals surface area contributed by atoms with Crippen molar-refractivity contribution in [3.8, 4) is 0 Å². The van der Waals surface area contributed by atoms with Crippen molar-refractivity contribution in [2.45, 2.75) is 6.61 Å². The zero-order valence-corrected chi connectivity index (χ0v) is 9.61. The van der Waals surface area contributed by atoms with Gasteiger partial charge in [0.1, 0.15) is 5.69 Å². The molecule has 2 heterocycles. The van der Waals surface area contributed by atoms with Crippen LogP contribution >= 0.6 is 0 Å². The van der Waals surface area contributed by atoms with Crippen LogP contribution < -0.4 is 0 Å². The Morgan fingerprint density at radius 2 is 1.82 bits per heavy atom. The van der Waals surface area contributed by atoms with E-state index in [9.17, 15) is 4.79 Å². The Morgan fingerprint density at radius 3 is 2.06 bits per heavy atom. The zero-order chi connectivity index (χ0) is 12.8. The lowest BCUT2D eigenvalue weighted by Crippen LogP contribution is -2.04. The topological polar surface area (TPSA) is 93.2 Å². The fraction of sp³-hybridized carbons (Fsp3) is 0.300. The number of aryl methyl sites for hydroxylation is 2. The maximum Gasteiger partial charge on any atom is 0.354 e. The van der Waals surface area contributed by atoms with E-state index in [4.69, 9.17) is 10.2 Å². The van der Waals surface area contributed by atoms with E-state index in [0.717, 1.165) is 5.69 Å². The van der Waals surface area contributed by atoms with E-state index in [1.807, 2.05) is 0 Å². The first-order chi connectivity index (χ1) is 8.06. The van der Waals surface area contributed by atoms with Crippen LogP contribution in [0.5, 0.6) is 0 Å². The summed E-state index contributed by atoms with van der Waals surface area (Å²) in [6.07, 6.45) is 3.11. The minimum absolute atomic E-state index is 0.0660. The second-order valence-electron chi connectivity index (χ2n) is 3.25. The van der Waals surface area contributed by atoms with Crippen LogP contribution in [0.15, 0.2) is 24.5 Å². The van der Waals surface area contributed by atoms with Crippen molar-refractivity contribution in [1.82, 2.24) is 19.6 Å². The standard InChI is InChI=1S/C5H6N2O2.C5H8N2O/c1-7-4(5(8)9)2-3-6-7;1-7-5(4-8)2-3-6-7/h2-3H,1H3,(H,8,9);2-3,8H,4H2,1H3. The molecule has 0 radical (unpaired) electrons.